The van der Waals surface area contributed by atoms with Gasteiger partial charge in [-0.25, -0.2) is 9.78 Å². The van der Waals surface area contributed by atoms with Crippen LogP contribution in [-0.4, -0.2) is 84.1 Å². The summed E-state index contributed by atoms with van der Waals surface area (Å²) in [5.41, 5.74) is 1.70. The number of ether oxygens (including phenoxy) is 1. The lowest BCUT2D eigenvalue weighted by Gasteiger charge is -2.38. The smallest absolute Gasteiger partial charge is 0.407 e. The van der Waals surface area contributed by atoms with E-state index in [9.17, 15) is 24.6 Å². The number of hydrogen-bond donors (Lipinski definition) is 2. The van der Waals surface area contributed by atoms with Gasteiger partial charge in [0.2, 0.25) is 0 Å². The van der Waals surface area contributed by atoms with E-state index in [1.165, 1.54) is 15.8 Å². The van der Waals surface area contributed by atoms with Crippen molar-refractivity contribution < 1.29 is 24.5 Å². The molecular weight excluding hydrogens is 621 g/mol. The first-order valence-corrected chi connectivity index (χ1v) is 15.5. The fourth-order valence-corrected chi connectivity index (χ4v) is 6.68. The summed E-state index contributed by atoms with van der Waals surface area (Å²) in [7, 11) is 0. The van der Waals surface area contributed by atoms with Gasteiger partial charge in [0.05, 0.1) is 42.8 Å². The van der Waals surface area contributed by atoms with E-state index in [0.29, 0.717) is 53.2 Å². The van der Waals surface area contributed by atoms with Crippen LogP contribution in [0, 0.1) is 6.92 Å². The minimum atomic E-state index is -1.19. The lowest BCUT2D eigenvalue weighted by Crippen LogP contribution is -2.49. The summed E-state index contributed by atoms with van der Waals surface area (Å²) in [4.78, 5) is 46.0. The van der Waals surface area contributed by atoms with Crippen molar-refractivity contribution in [2.24, 2.45) is 0 Å². The molecule has 236 valence electrons. The number of amides is 2. The topological polar surface area (TPSA) is 130 Å². The van der Waals surface area contributed by atoms with Gasteiger partial charge in [-0.15, -0.1) is 0 Å². The van der Waals surface area contributed by atoms with Crippen LogP contribution in [-0.2, 0) is 11.3 Å². The Balaban J connectivity index is 1.21. The molecule has 2 fully saturated rings. The highest BCUT2D eigenvalue weighted by atomic mass is 35.5. The van der Waals surface area contributed by atoms with Crippen LogP contribution in [0.5, 0.6) is 0 Å². The zero-order valence-electron chi connectivity index (χ0n) is 24.8. The molecular formula is C32H33Cl2N5O6. The molecule has 2 aromatic heterocycles. The van der Waals surface area contributed by atoms with Gasteiger partial charge in [0, 0.05) is 29.4 Å². The summed E-state index contributed by atoms with van der Waals surface area (Å²) in [6, 6.07) is 13.4. The van der Waals surface area contributed by atoms with Gasteiger partial charge >= 0.3 is 6.09 Å². The average molecular weight is 655 g/mol. The largest absolute Gasteiger partial charge is 0.465 e. The molecule has 2 aromatic carbocycles. The van der Waals surface area contributed by atoms with E-state index in [4.69, 9.17) is 27.9 Å². The SMILES string of the molecule is Cc1cc(-n2c(Cl)cc3c(=O)n(CC4(O)CCN(C(=O)c5ccc(Cl)cc5)CC4)cnc32)ccc1[C@@H]1CO[C@@H](C)CN1C(=O)O. The summed E-state index contributed by atoms with van der Waals surface area (Å²) in [5.74, 6) is -0.130. The molecule has 2 saturated heterocycles. The molecule has 13 heteroatoms. The highest BCUT2D eigenvalue weighted by Gasteiger charge is 2.36. The third-order valence-corrected chi connectivity index (χ3v) is 9.29. The van der Waals surface area contributed by atoms with Gasteiger partial charge in [0.25, 0.3) is 11.5 Å². The van der Waals surface area contributed by atoms with Crippen LogP contribution in [0.2, 0.25) is 10.2 Å². The number of aliphatic hydroxyl groups is 1. The number of piperidine rings is 1. The van der Waals surface area contributed by atoms with Crippen molar-refractivity contribution in [2.45, 2.75) is 51.0 Å². The first-order valence-electron chi connectivity index (χ1n) is 14.7. The number of aryl methyl sites for hydroxylation is 1. The van der Waals surface area contributed by atoms with Crippen LogP contribution in [0.4, 0.5) is 4.79 Å². The van der Waals surface area contributed by atoms with Crippen molar-refractivity contribution in [3.63, 3.8) is 0 Å². The van der Waals surface area contributed by atoms with E-state index < -0.39 is 17.7 Å². The number of carboxylic acid groups (broad SMARTS) is 1. The van der Waals surface area contributed by atoms with Gasteiger partial charge in [-0.1, -0.05) is 29.3 Å². The third-order valence-electron chi connectivity index (χ3n) is 8.76. The van der Waals surface area contributed by atoms with E-state index in [1.807, 2.05) is 32.0 Å². The third kappa shape index (κ3) is 6.05. The van der Waals surface area contributed by atoms with Gasteiger partial charge in [-0.3, -0.25) is 23.6 Å². The molecule has 4 aromatic rings. The second-order valence-electron chi connectivity index (χ2n) is 11.9. The number of morpholine rings is 1. The summed E-state index contributed by atoms with van der Waals surface area (Å²) < 4.78 is 8.82. The van der Waals surface area contributed by atoms with Crippen molar-refractivity contribution in [1.29, 1.82) is 0 Å². The highest BCUT2D eigenvalue weighted by molar-refractivity contribution is 6.31. The Bertz CT molecular complexity index is 1830. The van der Waals surface area contributed by atoms with Crippen molar-refractivity contribution in [3.05, 3.63) is 92.1 Å². The lowest BCUT2D eigenvalue weighted by atomic mass is 9.91. The van der Waals surface area contributed by atoms with Gasteiger partial charge in [0.1, 0.15) is 11.5 Å². The number of nitrogens with zero attached hydrogens (tertiary/aromatic N) is 5. The second kappa shape index (κ2) is 12.1. The minimum absolute atomic E-state index is 0.0243. The number of carbonyl (C=O) groups excluding carboxylic acids is 1. The number of rotatable bonds is 5. The average Bonchev–Trinajstić information content (AvgIpc) is 3.35. The van der Waals surface area contributed by atoms with E-state index in [1.54, 1.807) is 39.8 Å². The number of carbonyl (C=O) groups is 2. The van der Waals surface area contributed by atoms with Crippen molar-refractivity contribution in [1.82, 2.24) is 23.9 Å². The first kappa shape index (κ1) is 31.1. The molecule has 0 saturated carbocycles. The van der Waals surface area contributed by atoms with Gasteiger partial charge in [0.15, 0.2) is 5.65 Å². The Kier molecular flexibility index (Phi) is 8.38. The second-order valence-corrected chi connectivity index (χ2v) is 12.7. The molecule has 0 unspecified atom stereocenters. The fourth-order valence-electron chi connectivity index (χ4n) is 6.26. The first-order chi connectivity index (χ1) is 21.4. The summed E-state index contributed by atoms with van der Waals surface area (Å²) in [5, 5.41) is 22.3. The molecule has 11 nitrogen and oxygen atoms in total. The molecule has 0 bridgehead atoms. The van der Waals surface area contributed by atoms with Gasteiger partial charge in [-0.05, 0) is 80.3 Å². The van der Waals surface area contributed by atoms with Crippen LogP contribution in [0.25, 0.3) is 16.7 Å². The zero-order chi connectivity index (χ0) is 32.0. The molecule has 45 heavy (non-hydrogen) atoms. The molecule has 2 aliphatic rings. The molecule has 4 heterocycles. The summed E-state index contributed by atoms with van der Waals surface area (Å²) >= 11 is 12.6. The van der Waals surface area contributed by atoms with Crippen LogP contribution in [0.1, 0.15) is 47.3 Å². The van der Waals surface area contributed by atoms with Crippen molar-refractivity contribution in [2.75, 3.05) is 26.2 Å². The molecule has 0 aliphatic carbocycles. The van der Waals surface area contributed by atoms with Crippen LogP contribution < -0.4 is 5.56 Å². The predicted octanol–water partition coefficient (Wildman–Crippen LogP) is 4.91. The predicted molar refractivity (Wildman–Crippen MR) is 170 cm³/mol. The number of likely N-dealkylation sites (tertiary alicyclic amines) is 1. The molecule has 6 rings (SSSR count). The monoisotopic (exact) mass is 653 g/mol. The van der Waals surface area contributed by atoms with E-state index >= 15 is 0 Å². The quantitative estimate of drug-likeness (QED) is 0.313. The molecule has 2 amide bonds. The minimum Gasteiger partial charge on any atom is -0.465 e. The normalized spacial score (nSPS) is 20.0. The molecule has 0 spiro atoms. The Morgan fingerprint density at radius 1 is 1.09 bits per heavy atom. The molecule has 0 radical (unpaired) electrons. The van der Waals surface area contributed by atoms with E-state index in [0.717, 1.165) is 11.1 Å². The van der Waals surface area contributed by atoms with Gasteiger partial charge in [-0.2, -0.15) is 0 Å². The number of hydrogen-bond acceptors (Lipinski definition) is 6. The Morgan fingerprint density at radius 3 is 2.47 bits per heavy atom. The standard InChI is InChI=1S/C32H33Cl2N5O6/c1-19-13-23(7-8-24(19)26-16-45-20(2)15-38(26)31(42)43)39-27(34)14-25-28(39)35-18-37(30(25)41)17-32(44)9-11-36(12-10-32)29(40)21-3-5-22(33)6-4-21/h3-8,13-14,18,20,26,44H,9-12,15-17H2,1-2H3,(H,42,43)/t20-,26-/m0/s1. The van der Waals surface area contributed by atoms with Crippen LogP contribution in [0.15, 0.2) is 59.7 Å². The van der Waals surface area contributed by atoms with Crippen molar-refractivity contribution in [3.8, 4) is 5.69 Å². The highest BCUT2D eigenvalue weighted by Crippen LogP contribution is 2.32. The number of halogens is 2. The van der Waals surface area contributed by atoms with E-state index in [-0.39, 0.29) is 42.4 Å². The van der Waals surface area contributed by atoms with Gasteiger partial charge < -0.3 is 19.8 Å². The maximum Gasteiger partial charge on any atom is 0.407 e. The molecule has 2 N–H and O–H groups in total. The Labute approximate surface area is 269 Å². The molecule has 2 aliphatic heterocycles. The fraction of sp³-hybridized carbons (Fsp3) is 0.375. The van der Waals surface area contributed by atoms with E-state index in [2.05, 4.69) is 4.98 Å². The Hall–Kier alpha value is -3.90. The number of fused-ring (bicyclic) bond motifs is 1. The summed E-state index contributed by atoms with van der Waals surface area (Å²) in [6.45, 7) is 4.98. The van der Waals surface area contributed by atoms with Crippen molar-refractivity contribution >= 4 is 46.2 Å². The maximum atomic E-state index is 13.6. The maximum absolute atomic E-state index is 13.6. The summed E-state index contributed by atoms with van der Waals surface area (Å²) in [6.07, 6.45) is 0.825. The number of benzene rings is 2. The Morgan fingerprint density at radius 2 is 1.80 bits per heavy atom. The van der Waals surface area contributed by atoms with Crippen LogP contribution >= 0.6 is 23.2 Å². The zero-order valence-corrected chi connectivity index (χ0v) is 26.3. The molecule has 2 atom stereocenters. The number of aromatic nitrogens is 3. The lowest BCUT2D eigenvalue weighted by molar-refractivity contribution is -0.0466. The van der Waals surface area contributed by atoms with Crippen LogP contribution in [0.3, 0.4) is 0 Å².